The van der Waals surface area contributed by atoms with Crippen LogP contribution in [0.15, 0.2) is 48.6 Å². The number of aliphatic hydroxyl groups excluding tert-OH is 5. The Labute approximate surface area is 373 Å². The summed E-state index contributed by atoms with van der Waals surface area (Å²) in [4.78, 5) is 35.7. The van der Waals surface area contributed by atoms with Crippen LogP contribution >= 0.6 is 7.82 Å². The van der Waals surface area contributed by atoms with E-state index in [-0.39, 0.29) is 12.8 Å². The quantitative estimate of drug-likeness (QED) is 0.0147. The summed E-state index contributed by atoms with van der Waals surface area (Å²) in [6, 6.07) is 0. The average Bonchev–Trinajstić information content (AvgIpc) is 3.25. The molecule has 0 radical (unpaired) electrons. The lowest BCUT2D eigenvalue weighted by molar-refractivity contribution is -0.220. The van der Waals surface area contributed by atoms with Crippen molar-refractivity contribution in [3.05, 3.63) is 48.6 Å². The van der Waals surface area contributed by atoms with Gasteiger partial charge in [-0.25, -0.2) is 4.57 Å². The first-order valence-electron chi connectivity index (χ1n) is 23.9. The Hall–Kier alpha value is -2.19. The molecule has 0 spiro atoms. The normalized spacial score (nSPS) is 22.3. The van der Waals surface area contributed by atoms with E-state index in [9.17, 15) is 44.6 Å². The third-order valence-electron chi connectivity index (χ3n) is 10.9. The molecule has 0 amide bonds. The second-order valence-corrected chi connectivity index (χ2v) is 18.0. The molecule has 0 saturated heterocycles. The fourth-order valence-electron chi connectivity index (χ4n) is 7.10. The first-order valence-corrected chi connectivity index (χ1v) is 25.4. The lowest BCUT2D eigenvalue weighted by atomic mass is 9.85. The molecule has 0 bridgehead atoms. The van der Waals surface area contributed by atoms with E-state index in [1.54, 1.807) is 0 Å². The molecule has 6 unspecified atom stereocenters. The number of aliphatic hydroxyl groups is 5. The minimum Gasteiger partial charge on any atom is -0.462 e. The number of allylic oxidation sites excluding steroid dienone is 8. The van der Waals surface area contributed by atoms with E-state index in [0.29, 0.717) is 12.8 Å². The average molecular weight is 901 g/mol. The first kappa shape index (κ1) is 57.8. The van der Waals surface area contributed by atoms with E-state index < -0.39 is 75.7 Å². The van der Waals surface area contributed by atoms with Gasteiger partial charge in [-0.15, -0.1) is 0 Å². The molecule has 1 rings (SSSR count). The van der Waals surface area contributed by atoms with Crippen molar-refractivity contribution in [2.75, 3.05) is 13.2 Å². The summed E-state index contributed by atoms with van der Waals surface area (Å²) in [7, 11) is -5.13. The number of unbranched alkanes of at least 4 members (excludes halogenated alkanes) is 19. The van der Waals surface area contributed by atoms with Crippen molar-refractivity contribution in [2.45, 2.75) is 230 Å². The molecule has 0 aromatic heterocycles. The van der Waals surface area contributed by atoms with Crippen molar-refractivity contribution in [3.63, 3.8) is 0 Å². The van der Waals surface area contributed by atoms with Crippen molar-refractivity contribution >= 4 is 19.8 Å². The predicted octanol–water partition coefficient (Wildman–Crippen LogP) is 9.56. The predicted molar refractivity (Wildman–Crippen MR) is 244 cm³/mol. The van der Waals surface area contributed by atoms with Crippen molar-refractivity contribution in [1.82, 2.24) is 0 Å². The molecule has 0 heterocycles. The molecule has 0 aromatic carbocycles. The second-order valence-electron chi connectivity index (χ2n) is 16.6. The number of rotatable bonds is 39. The van der Waals surface area contributed by atoms with E-state index in [4.69, 9.17) is 18.5 Å². The van der Waals surface area contributed by atoms with Gasteiger partial charge in [0.1, 0.15) is 43.2 Å². The maximum atomic E-state index is 12.8. The van der Waals surface area contributed by atoms with Crippen LogP contribution in [0.4, 0.5) is 0 Å². The molecule has 1 saturated carbocycles. The number of hydrogen-bond acceptors (Lipinski definition) is 12. The minimum atomic E-state index is -5.13. The molecule has 62 heavy (non-hydrogen) atoms. The first-order chi connectivity index (χ1) is 29.9. The van der Waals surface area contributed by atoms with Gasteiger partial charge in [-0.05, 0) is 51.4 Å². The summed E-state index contributed by atoms with van der Waals surface area (Å²) in [5.74, 6) is -1.14. The molecule has 0 aliphatic heterocycles. The number of esters is 2. The number of carbonyl (C=O) groups is 2. The van der Waals surface area contributed by atoms with E-state index in [1.165, 1.54) is 83.5 Å². The van der Waals surface area contributed by atoms with Crippen LogP contribution in [0.5, 0.6) is 0 Å². The Morgan fingerprint density at radius 3 is 1.40 bits per heavy atom. The van der Waals surface area contributed by atoms with Gasteiger partial charge >= 0.3 is 19.8 Å². The highest BCUT2D eigenvalue weighted by Gasteiger charge is 2.51. The van der Waals surface area contributed by atoms with Gasteiger partial charge in [0.05, 0.1) is 6.61 Å². The third kappa shape index (κ3) is 30.0. The molecule has 360 valence electrons. The van der Waals surface area contributed by atoms with Crippen LogP contribution in [-0.2, 0) is 32.7 Å². The molecule has 6 N–H and O–H groups in total. The highest BCUT2D eigenvalue weighted by molar-refractivity contribution is 7.47. The molecule has 8 atom stereocenters. The fraction of sp³-hybridized carbons (Fsp3) is 0.792. The summed E-state index contributed by atoms with van der Waals surface area (Å²) in [5, 5.41) is 50.2. The Morgan fingerprint density at radius 1 is 0.516 bits per heavy atom. The number of phosphoric ester groups is 1. The minimum absolute atomic E-state index is 0.0896. The van der Waals surface area contributed by atoms with Crippen LogP contribution in [0.1, 0.15) is 187 Å². The largest absolute Gasteiger partial charge is 0.472 e. The molecule has 1 fully saturated rings. The van der Waals surface area contributed by atoms with E-state index in [1.807, 2.05) is 0 Å². The number of hydrogen-bond donors (Lipinski definition) is 6. The van der Waals surface area contributed by atoms with Gasteiger partial charge in [-0.2, -0.15) is 0 Å². The van der Waals surface area contributed by atoms with Crippen LogP contribution in [0.2, 0.25) is 0 Å². The van der Waals surface area contributed by atoms with Crippen molar-refractivity contribution in [3.8, 4) is 0 Å². The lowest BCUT2D eigenvalue weighted by Gasteiger charge is -2.41. The zero-order chi connectivity index (χ0) is 45.7. The van der Waals surface area contributed by atoms with Gasteiger partial charge in [-0.1, -0.05) is 172 Å². The fourth-order valence-corrected chi connectivity index (χ4v) is 8.07. The summed E-state index contributed by atoms with van der Waals surface area (Å²) in [6.45, 7) is 3.16. The monoisotopic (exact) mass is 901 g/mol. The van der Waals surface area contributed by atoms with Gasteiger partial charge in [0, 0.05) is 12.8 Å². The van der Waals surface area contributed by atoms with Crippen LogP contribution < -0.4 is 0 Å². The van der Waals surface area contributed by atoms with Crippen LogP contribution in [0.25, 0.3) is 0 Å². The standard InChI is InChI=1S/C48H85O13P/c1-3-5-7-9-11-13-15-17-19-20-21-23-25-27-29-31-33-35-37-42(50)60-40(39-59-62(56,57)61-48-46(54)44(52)43(51)45(53)47(48)55)38-58-41(49)36-34-32-30-28-26-24-22-18-16-14-12-10-8-6-4-2/h6,8,12,14,18,22,26,28,40,43-48,51-55H,3-5,7,9-11,13,15-17,19-21,23-25,27,29-39H2,1-2H3,(H,56,57)/b8-6-,14-12-,22-18-,28-26-/t40-,43?,44-,45?,46?,47?,48?/m1/s1. The number of ether oxygens (including phenoxy) is 2. The second kappa shape index (κ2) is 38.1. The highest BCUT2D eigenvalue weighted by atomic mass is 31.2. The number of carbonyl (C=O) groups excluding carboxylic acids is 2. The summed E-state index contributed by atoms with van der Waals surface area (Å²) >= 11 is 0. The summed E-state index contributed by atoms with van der Waals surface area (Å²) < 4.78 is 33.5. The molecule has 13 nitrogen and oxygen atoms in total. The van der Waals surface area contributed by atoms with Crippen molar-refractivity contribution in [2.24, 2.45) is 0 Å². The SMILES string of the molecule is CC/C=C\C/C=C\C/C=C\C/C=C\CCCCC(=O)OC[C@H](COP(=O)(O)OC1C(O)C(O)C(O)[C@@H](O)C1O)OC(=O)CCCCCCCCCCCCCCCCCCCC. The van der Waals surface area contributed by atoms with Gasteiger partial charge in [-0.3, -0.25) is 18.6 Å². The summed E-state index contributed by atoms with van der Waals surface area (Å²) in [6.07, 6.45) is 31.7. The Morgan fingerprint density at radius 2 is 0.919 bits per heavy atom. The highest BCUT2D eigenvalue weighted by Crippen LogP contribution is 2.47. The Balaban J connectivity index is 2.46. The van der Waals surface area contributed by atoms with Gasteiger partial charge in [0.25, 0.3) is 0 Å². The van der Waals surface area contributed by atoms with E-state index in [2.05, 4.69) is 62.5 Å². The van der Waals surface area contributed by atoms with Crippen molar-refractivity contribution < 1.29 is 63.1 Å². The molecule has 0 aromatic rings. The van der Waals surface area contributed by atoms with Crippen LogP contribution in [0, 0.1) is 0 Å². The molecule has 1 aliphatic rings. The van der Waals surface area contributed by atoms with Gasteiger partial charge < -0.3 is 39.9 Å². The lowest BCUT2D eigenvalue weighted by Crippen LogP contribution is -2.64. The van der Waals surface area contributed by atoms with E-state index in [0.717, 1.165) is 64.2 Å². The zero-order valence-corrected chi connectivity index (χ0v) is 39.0. The maximum Gasteiger partial charge on any atom is 0.472 e. The molecule has 14 heteroatoms. The Bertz CT molecular complexity index is 1270. The van der Waals surface area contributed by atoms with Gasteiger partial charge in [0.2, 0.25) is 0 Å². The summed E-state index contributed by atoms with van der Waals surface area (Å²) in [5.41, 5.74) is 0. The van der Waals surface area contributed by atoms with Crippen LogP contribution in [-0.4, -0.2) is 98.3 Å². The zero-order valence-electron chi connectivity index (χ0n) is 38.2. The number of phosphoric acid groups is 1. The van der Waals surface area contributed by atoms with Crippen molar-refractivity contribution in [1.29, 1.82) is 0 Å². The topological polar surface area (TPSA) is 210 Å². The van der Waals surface area contributed by atoms with Gasteiger partial charge in [0.15, 0.2) is 6.10 Å². The Kier molecular flexibility index (Phi) is 35.5. The smallest absolute Gasteiger partial charge is 0.462 e. The molecule has 1 aliphatic carbocycles. The molecular weight excluding hydrogens is 815 g/mol. The van der Waals surface area contributed by atoms with Crippen LogP contribution in [0.3, 0.4) is 0 Å². The third-order valence-corrected chi connectivity index (χ3v) is 11.9. The molecular formula is C48H85O13P. The van der Waals surface area contributed by atoms with E-state index >= 15 is 0 Å². The maximum absolute atomic E-state index is 12.8.